The van der Waals surface area contributed by atoms with E-state index in [1.165, 1.54) is 0 Å². The molecule has 0 aliphatic heterocycles. The van der Waals surface area contributed by atoms with Gasteiger partial charge in [0.2, 0.25) is 5.91 Å². The van der Waals surface area contributed by atoms with Crippen molar-refractivity contribution in [2.75, 3.05) is 0 Å². The summed E-state index contributed by atoms with van der Waals surface area (Å²) in [6, 6.07) is 5.89. The molecule has 2 rings (SSSR count). The molecule has 0 aliphatic carbocycles. The van der Waals surface area contributed by atoms with Gasteiger partial charge in [-0.15, -0.1) is 0 Å². The summed E-state index contributed by atoms with van der Waals surface area (Å²) in [6.07, 6.45) is 2.49. The second kappa shape index (κ2) is 5.52. The first-order valence-corrected chi connectivity index (χ1v) is 6.75. The third-order valence-corrected chi connectivity index (χ3v) is 3.20. The van der Waals surface area contributed by atoms with Crippen LogP contribution in [0.1, 0.15) is 26.1 Å². The molecule has 0 saturated carbocycles. The molecule has 0 unspecified atom stereocenters. The Balaban J connectivity index is 2.10. The molecule has 0 bridgehead atoms. The molecule has 0 radical (unpaired) electrons. The molecule has 96 valence electrons. The van der Waals surface area contributed by atoms with Crippen molar-refractivity contribution in [3.05, 3.63) is 34.8 Å². The Labute approximate surface area is 115 Å². The SMILES string of the molecule is CC(C)CC(=O)NCc1nc(Br)c2ccccn12. The van der Waals surface area contributed by atoms with Crippen LogP contribution in [0, 0.1) is 5.92 Å². The Morgan fingerprint density at radius 3 is 3.00 bits per heavy atom. The van der Waals surface area contributed by atoms with E-state index in [9.17, 15) is 4.79 Å². The smallest absolute Gasteiger partial charge is 0.220 e. The van der Waals surface area contributed by atoms with Gasteiger partial charge in [0.25, 0.3) is 0 Å². The van der Waals surface area contributed by atoms with E-state index in [4.69, 9.17) is 0 Å². The number of pyridine rings is 1. The van der Waals surface area contributed by atoms with E-state index in [2.05, 4.69) is 26.2 Å². The Kier molecular flexibility index (Phi) is 4.01. The van der Waals surface area contributed by atoms with Gasteiger partial charge in [0.1, 0.15) is 10.4 Å². The van der Waals surface area contributed by atoms with Crippen LogP contribution in [0.4, 0.5) is 0 Å². The summed E-state index contributed by atoms with van der Waals surface area (Å²) in [7, 11) is 0. The monoisotopic (exact) mass is 309 g/mol. The van der Waals surface area contributed by atoms with Gasteiger partial charge >= 0.3 is 0 Å². The van der Waals surface area contributed by atoms with E-state index < -0.39 is 0 Å². The van der Waals surface area contributed by atoms with Crippen LogP contribution in [-0.4, -0.2) is 15.3 Å². The van der Waals surface area contributed by atoms with Gasteiger partial charge in [0, 0.05) is 12.6 Å². The molecule has 0 saturated heterocycles. The number of carbonyl (C=O) groups is 1. The summed E-state index contributed by atoms with van der Waals surface area (Å²) in [5.41, 5.74) is 1.01. The maximum absolute atomic E-state index is 11.6. The van der Waals surface area contributed by atoms with Crippen LogP contribution in [0.3, 0.4) is 0 Å². The Morgan fingerprint density at radius 1 is 1.50 bits per heavy atom. The van der Waals surface area contributed by atoms with Crippen LogP contribution in [0.2, 0.25) is 0 Å². The maximum atomic E-state index is 11.6. The number of nitrogens with zero attached hydrogens (tertiary/aromatic N) is 2. The van der Waals surface area contributed by atoms with Crippen molar-refractivity contribution in [1.29, 1.82) is 0 Å². The highest BCUT2D eigenvalue weighted by Gasteiger charge is 2.10. The van der Waals surface area contributed by atoms with Crippen LogP contribution in [0.5, 0.6) is 0 Å². The van der Waals surface area contributed by atoms with E-state index in [-0.39, 0.29) is 5.91 Å². The highest BCUT2D eigenvalue weighted by atomic mass is 79.9. The predicted molar refractivity (Wildman–Crippen MR) is 74.2 cm³/mol. The number of fused-ring (bicyclic) bond motifs is 1. The van der Waals surface area contributed by atoms with Gasteiger partial charge in [-0.2, -0.15) is 0 Å². The topological polar surface area (TPSA) is 46.4 Å². The maximum Gasteiger partial charge on any atom is 0.220 e. The van der Waals surface area contributed by atoms with Crippen LogP contribution in [0.15, 0.2) is 29.0 Å². The van der Waals surface area contributed by atoms with Crippen molar-refractivity contribution >= 4 is 27.4 Å². The van der Waals surface area contributed by atoms with Gasteiger partial charge in [-0.3, -0.25) is 4.79 Å². The molecule has 1 amide bonds. The van der Waals surface area contributed by atoms with Crippen molar-refractivity contribution in [3.8, 4) is 0 Å². The Bertz CT molecular complexity index is 562. The zero-order valence-corrected chi connectivity index (χ0v) is 12.1. The molecule has 1 N–H and O–H groups in total. The quantitative estimate of drug-likeness (QED) is 0.944. The molecule has 5 heteroatoms. The molecule has 0 aromatic carbocycles. The van der Waals surface area contributed by atoms with Gasteiger partial charge in [0.05, 0.1) is 12.1 Å². The molecule has 0 fully saturated rings. The fourth-order valence-electron chi connectivity index (χ4n) is 1.81. The summed E-state index contributed by atoms with van der Waals surface area (Å²) in [6.45, 7) is 4.50. The first kappa shape index (κ1) is 13.1. The minimum absolute atomic E-state index is 0.0637. The molecule has 4 nitrogen and oxygen atoms in total. The van der Waals surface area contributed by atoms with Crippen LogP contribution >= 0.6 is 15.9 Å². The molecule has 0 atom stereocenters. The zero-order valence-electron chi connectivity index (χ0n) is 10.5. The van der Waals surface area contributed by atoms with E-state index in [0.717, 1.165) is 15.9 Å². The Morgan fingerprint density at radius 2 is 2.28 bits per heavy atom. The van der Waals surface area contributed by atoms with Gasteiger partial charge in [-0.05, 0) is 34.0 Å². The summed E-state index contributed by atoms with van der Waals surface area (Å²) in [4.78, 5) is 16.0. The average Bonchev–Trinajstić information content (AvgIpc) is 2.64. The summed E-state index contributed by atoms with van der Waals surface area (Å²) in [5.74, 6) is 1.26. The average molecular weight is 310 g/mol. The fourth-order valence-corrected chi connectivity index (χ4v) is 2.33. The number of hydrogen-bond acceptors (Lipinski definition) is 2. The van der Waals surface area contributed by atoms with Gasteiger partial charge in [-0.1, -0.05) is 19.9 Å². The zero-order chi connectivity index (χ0) is 13.1. The molecule has 0 spiro atoms. The fraction of sp³-hybridized carbons (Fsp3) is 0.385. The van der Waals surface area contributed by atoms with Gasteiger partial charge < -0.3 is 9.72 Å². The van der Waals surface area contributed by atoms with Crippen molar-refractivity contribution in [1.82, 2.24) is 14.7 Å². The van der Waals surface area contributed by atoms with Crippen LogP contribution < -0.4 is 5.32 Å². The molecule has 0 aliphatic rings. The number of carbonyl (C=O) groups excluding carboxylic acids is 1. The van der Waals surface area contributed by atoms with Crippen molar-refractivity contribution in [3.63, 3.8) is 0 Å². The van der Waals surface area contributed by atoms with E-state index >= 15 is 0 Å². The van der Waals surface area contributed by atoms with E-state index in [0.29, 0.717) is 18.9 Å². The van der Waals surface area contributed by atoms with Crippen molar-refractivity contribution in [2.24, 2.45) is 5.92 Å². The molecule has 2 aromatic rings. The number of imidazole rings is 1. The molecular weight excluding hydrogens is 294 g/mol. The lowest BCUT2D eigenvalue weighted by Gasteiger charge is -2.06. The summed E-state index contributed by atoms with van der Waals surface area (Å²) < 4.78 is 2.77. The number of nitrogens with one attached hydrogen (secondary N) is 1. The number of amides is 1. The first-order valence-electron chi connectivity index (χ1n) is 5.96. The highest BCUT2D eigenvalue weighted by molar-refractivity contribution is 9.10. The largest absolute Gasteiger partial charge is 0.349 e. The third-order valence-electron chi connectivity index (χ3n) is 2.61. The Hall–Kier alpha value is -1.36. The second-order valence-corrected chi connectivity index (χ2v) is 5.40. The molecular formula is C13H16BrN3O. The predicted octanol–water partition coefficient (Wildman–Crippen LogP) is 2.76. The first-order chi connectivity index (χ1) is 8.58. The highest BCUT2D eigenvalue weighted by Crippen LogP contribution is 2.18. The van der Waals surface area contributed by atoms with Crippen LogP contribution in [0.25, 0.3) is 5.52 Å². The lowest BCUT2D eigenvalue weighted by molar-refractivity contribution is -0.121. The normalized spacial score (nSPS) is 11.1. The second-order valence-electron chi connectivity index (χ2n) is 4.65. The summed E-state index contributed by atoms with van der Waals surface area (Å²) >= 11 is 3.42. The lowest BCUT2D eigenvalue weighted by Crippen LogP contribution is -2.24. The van der Waals surface area contributed by atoms with Gasteiger partial charge in [0.15, 0.2) is 0 Å². The minimum atomic E-state index is 0.0637. The van der Waals surface area contributed by atoms with E-state index in [1.807, 2.05) is 42.6 Å². The summed E-state index contributed by atoms with van der Waals surface area (Å²) in [5, 5.41) is 2.89. The minimum Gasteiger partial charge on any atom is -0.349 e. The lowest BCUT2D eigenvalue weighted by atomic mass is 10.1. The number of aromatic nitrogens is 2. The van der Waals surface area contributed by atoms with E-state index in [1.54, 1.807) is 0 Å². The van der Waals surface area contributed by atoms with Gasteiger partial charge in [-0.25, -0.2) is 4.98 Å². The van der Waals surface area contributed by atoms with Crippen molar-refractivity contribution < 1.29 is 4.79 Å². The molecule has 2 heterocycles. The number of hydrogen-bond donors (Lipinski definition) is 1. The number of halogens is 1. The molecule has 18 heavy (non-hydrogen) atoms. The third kappa shape index (κ3) is 2.90. The van der Waals surface area contributed by atoms with Crippen LogP contribution in [-0.2, 0) is 11.3 Å². The van der Waals surface area contributed by atoms with Crippen molar-refractivity contribution in [2.45, 2.75) is 26.8 Å². The number of rotatable bonds is 4. The molecule has 2 aromatic heterocycles. The standard InChI is InChI=1S/C13H16BrN3O/c1-9(2)7-12(18)15-8-11-16-13(14)10-5-3-4-6-17(10)11/h3-6,9H,7-8H2,1-2H3,(H,15,18).